The second-order valence-corrected chi connectivity index (χ2v) is 7.72. The summed E-state index contributed by atoms with van der Waals surface area (Å²) < 4.78 is 11.6. The molecule has 6 N–H and O–H groups in total. The minimum Gasteiger partial charge on any atom is -0.490 e. The second-order valence-electron chi connectivity index (χ2n) is 7.72. The third kappa shape index (κ3) is 6.61. The zero-order chi connectivity index (χ0) is 24.5. The highest BCUT2D eigenvalue weighted by atomic mass is 16.5. The van der Waals surface area contributed by atoms with Gasteiger partial charge in [-0.3, -0.25) is 26.0 Å². The van der Waals surface area contributed by atoms with Crippen LogP contribution in [0.2, 0.25) is 0 Å². The number of nitrogen functional groups attached to an aromatic ring is 1. The van der Waals surface area contributed by atoms with E-state index in [-0.39, 0.29) is 17.8 Å². The molecule has 0 aliphatic rings. The van der Waals surface area contributed by atoms with Gasteiger partial charge in [0.25, 0.3) is 5.91 Å². The Balaban J connectivity index is 1.90. The normalized spacial score (nSPS) is 11.4. The summed E-state index contributed by atoms with van der Waals surface area (Å²) in [6.45, 7) is 6.23. The minimum atomic E-state index is -0.759. The molecule has 0 fully saturated rings. The quantitative estimate of drug-likeness (QED) is 0.166. The molecule has 3 rings (SSSR count). The lowest BCUT2D eigenvalue weighted by Crippen LogP contribution is -2.37. The molecular weight excluding hydrogens is 432 g/mol. The molecule has 178 valence electrons. The average Bonchev–Trinajstić information content (AvgIpc) is 2.83. The Morgan fingerprint density at radius 1 is 1.03 bits per heavy atom. The number of hydrogen-bond donors (Lipinski definition) is 5. The van der Waals surface area contributed by atoms with Crippen molar-refractivity contribution in [1.82, 2.24) is 10.4 Å². The second kappa shape index (κ2) is 11.6. The first-order chi connectivity index (χ1) is 16.4. The lowest BCUT2D eigenvalue weighted by Gasteiger charge is -2.22. The van der Waals surface area contributed by atoms with Gasteiger partial charge in [0.2, 0.25) is 0 Å². The van der Waals surface area contributed by atoms with E-state index in [0.29, 0.717) is 40.6 Å². The highest BCUT2D eigenvalue weighted by Gasteiger charge is 2.23. The predicted molar refractivity (Wildman–Crippen MR) is 133 cm³/mol. The van der Waals surface area contributed by atoms with Gasteiger partial charge in [0.15, 0.2) is 11.5 Å². The number of benzene rings is 2. The van der Waals surface area contributed by atoms with Gasteiger partial charge in [-0.15, -0.1) is 0 Å². The highest BCUT2D eigenvalue weighted by Crippen LogP contribution is 2.33. The Morgan fingerprint density at radius 2 is 1.74 bits per heavy atom. The number of amidine groups is 1. The van der Waals surface area contributed by atoms with Crippen molar-refractivity contribution in [3.63, 3.8) is 0 Å². The molecule has 0 saturated carbocycles. The van der Waals surface area contributed by atoms with E-state index in [0.717, 1.165) is 0 Å². The fourth-order valence-electron chi connectivity index (χ4n) is 3.18. The molecule has 3 aromatic rings. The summed E-state index contributed by atoms with van der Waals surface area (Å²) in [6.07, 6.45) is 3.23. The largest absolute Gasteiger partial charge is 0.490 e. The van der Waals surface area contributed by atoms with Gasteiger partial charge in [0, 0.05) is 23.6 Å². The predicted octanol–water partition coefficient (Wildman–Crippen LogP) is 3.85. The summed E-state index contributed by atoms with van der Waals surface area (Å²) in [4.78, 5) is 17.2. The molecule has 0 aliphatic heterocycles. The number of hydrazine groups is 1. The van der Waals surface area contributed by atoms with Crippen molar-refractivity contribution in [3.8, 4) is 11.5 Å². The van der Waals surface area contributed by atoms with Gasteiger partial charge in [0.1, 0.15) is 11.9 Å². The van der Waals surface area contributed by atoms with E-state index in [1.807, 2.05) is 26.8 Å². The zero-order valence-electron chi connectivity index (χ0n) is 19.5. The van der Waals surface area contributed by atoms with E-state index in [1.165, 1.54) is 0 Å². The van der Waals surface area contributed by atoms with Crippen LogP contribution < -0.4 is 31.4 Å². The van der Waals surface area contributed by atoms with Crippen LogP contribution in [0.3, 0.4) is 0 Å². The summed E-state index contributed by atoms with van der Waals surface area (Å²) in [5.74, 6) is 0.833. The molecule has 0 spiro atoms. The fraction of sp³-hybridized carbons (Fsp3) is 0.240. The molecular formula is C25H30N6O3. The van der Waals surface area contributed by atoms with Gasteiger partial charge in [0.05, 0.1) is 18.4 Å². The average molecular weight is 463 g/mol. The van der Waals surface area contributed by atoms with Crippen molar-refractivity contribution in [3.05, 3.63) is 78.1 Å². The monoisotopic (exact) mass is 462 g/mol. The van der Waals surface area contributed by atoms with Crippen LogP contribution in [0, 0.1) is 5.41 Å². The van der Waals surface area contributed by atoms with E-state index in [1.54, 1.807) is 60.9 Å². The highest BCUT2D eigenvalue weighted by molar-refractivity contribution is 5.95. The van der Waals surface area contributed by atoms with Crippen LogP contribution in [-0.2, 0) is 4.79 Å². The molecule has 34 heavy (non-hydrogen) atoms. The molecule has 1 amide bonds. The number of nitrogens with one attached hydrogen (secondary N) is 4. The molecule has 0 saturated heterocycles. The first kappa shape index (κ1) is 24.4. The maximum absolute atomic E-state index is 13.3. The van der Waals surface area contributed by atoms with Crippen molar-refractivity contribution in [2.75, 3.05) is 17.3 Å². The van der Waals surface area contributed by atoms with Crippen molar-refractivity contribution < 1.29 is 14.3 Å². The number of aromatic nitrogens is 1. The number of amides is 1. The Labute approximate surface area is 199 Å². The van der Waals surface area contributed by atoms with E-state index in [9.17, 15) is 4.79 Å². The zero-order valence-corrected chi connectivity index (χ0v) is 19.5. The van der Waals surface area contributed by atoms with Gasteiger partial charge in [-0.2, -0.15) is 0 Å². The molecule has 9 nitrogen and oxygen atoms in total. The first-order valence-corrected chi connectivity index (χ1v) is 11.0. The molecule has 0 aliphatic carbocycles. The molecule has 9 heteroatoms. The number of nitrogens with zero attached hydrogens (tertiary/aromatic N) is 1. The number of hydrogen-bond acceptors (Lipinski definition) is 7. The molecule has 2 aromatic carbocycles. The Bertz CT molecular complexity index is 1100. The summed E-state index contributed by atoms with van der Waals surface area (Å²) in [7, 11) is 0. The maximum atomic E-state index is 13.3. The number of pyridine rings is 1. The van der Waals surface area contributed by atoms with Crippen LogP contribution in [0.25, 0.3) is 0 Å². The first-order valence-electron chi connectivity index (χ1n) is 11.0. The van der Waals surface area contributed by atoms with E-state index in [2.05, 4.69) is 21.2 Å². The van der Waals surface area contributed by atoms with Gasteiger partial charge in [-0.25, -0.2) is 0 Å². The van der Waals surface area contributed by atoms with Crippen LogP contribution in [0.4, 0.5) is 11.4 Å². The fourth-order valence-corrected chi connectivity index (χ4v) is 3.18. The van der Waals surface area contributed by atoms with Crippen molar-refractivity contribution in [2.45, 2.75) is 32.9 Å². The van der Waals surface area contributed by atoms with E-state index >= 15 is 0 Å². The lowest BCUT2D eigenvalue weighted by atomic mass is 10.0. The van der Waals surface area contributed by atoms with Gasteiger partial charge in [-0.05, 0) is 74.9 Å². The van der Waals surface area contributed by atoms with Crippen LogP contribution in [0.5, 0.6) is 11.5 Å². The summed E-state index contributed by atoms with van der Waals surface area (Å²) in [5, 5.41) is 10.8. The number of anilines is 2. The number of carbonyl (C=O) groups excluding carboxylic acids is 1. The van der Waals surface area contributed by atoms with Crippen molar-refractivity contribution >= 4 is 23.1 Å². The minimum absolute atomic E-state index is 0.0216. The Kier molecular flexibility index (Phi) is 8.28. The van der Waals surface area contributed by atoms with Crippen LogP contribution in [-0.4, -0.2) is 29.4 Å². The molecule has 1 unspecified atom stereocenters. The Morgan fingerprint density at radius 3 is 2.35 bits per heavy atom. The van der Waals surface area contributed by atoms with Gasteiger partial charge >= 0.3 is 0 Å². The number of nitrogens with two attached hydrogens (primary N) is 1. The van der Waals surface area contributed by atoms with Crippen LogP contribution in [0.15, 0.2) is 67.0 Å². The molecule has 1 atom stereocenters. The van der Waals surface area contributed by atoms with Crippen LogP contribution in [0.1, 0.15) is 37.9 Å². The molecule has 0 radical (unpaired) electrons. The third-order valence-corrected chi connectivity index (χ3v) is 4.74. The summed E-state index contributed by atoms with van der Waals surface area (Å²) in [5.41, 5.74) is 13.9. The number of rotatable bonds is 11. The molecule has 0 bridgehead atoms. The lowest BCUT2D eigenvalue weighted by molar-refractivity contribution is -0.121. The topological polar surface area (TPSA) is 134 Å². The van der Waals surface area contributed by atoms with Crippen molar-refractivity contribution in [1.29, 1.82) is 5.41 Å². The summed E-state index contributed by atoms with van der Waals surface area (Å²) in [6, 6.07) is 15.1. The number of ether oxygens (including phenoxy) is 2. The van der Waals surface area contributed by atoms with Gasteiger partial charge in [-0.1, -0.05) is 6.07 Å². The van der Waals surface area contributed by atoms with Crippen molar-refractivity contribution in [2.24, 2.45) is 5.73 Å². The maximum Gasteiger partial charge on any atom is 0.265 e. The SMILES string of the molecule is CCOc1cc(C(Nc2ccc(C(=N)N)cc2)C(=O)NNc2ccncc2)ccc1OC(C)C. The van der Waals surface area contributed by atoms with Gasteiger partial charge < -0.3 is 20.5 Å². The van der Waals surface area contributed by atoms with E-state index < -0.39 is 6.04 Å². The molecule has 1 aromatic heterocycles. The smallest absolute Gasteiger partial charge is 0.265 e. The molecule has 1 heterocycles. The third-order valence-electron chi connectivity index (χ3n) is 4.74. The summed E-state index contributed by atoms with van der Waals surface area (Å²) >= 11 is 0. The van der Waals surface area contributed by atoms with E-state index in [4.69, 9.17) is 20.6 Å². The van der Waals surface area contributed by atoms with Crippen LogP contribution >= 0.6 is 0 Å². The Hall–Kier alpha value is -4.27. The standard InChI is InChI=1S/C25H30N6O3/c1-4-33-22-15-18(7-10-21(22)34-16(2)3)23(25(32)31-30-20-11-13-28-14-12-20)29-19-8-5-17(6-9-19)24(26)27/h5-16,23,29H,4H2,1-3H3,(H3,26,27)(H,28,30)(H,31,32). The number of carbonyl (C=O) groups is 1.